The summed E-state index contributed by atoms with van der Waals surface area (Å²) >= 11 is 0. The first kappa shape index (κ1) is 12.9. The second-order valence-corrected chi connectivity index (χ2v) is 6.35. The van der Waals surface area contributed by atoms with Crippen LogP contribution in [-0.4, -0.2) is 27.3 Å². The Morgan fingerprint density at radius 1 is 1.27 bits per heavy atom. The molecule has 0 aromatic rings. The lowest BCUT2D eigenvalue weighted by Crippen LogP contribution is -2.64. The van der Waals surface area contributed by atoms with Gasteiger partial charge in [0.05, 0.1) is 6.10 Å². The van der Waals surface area contributed by atoms with Crippen molar-refractivity contribution < 1.29 is 5.11 Å². The van der Waals surface area contributed by atoms with E-state index in [2.05, 4.69) is 27.7 Å². The Bertz CT molecular complexity index is 206. The van der Waals surface area contributed by atoms with E-state index in [-0.39, 0.29) is 17.2 Å². The predicted octanol–water partition coefficient (Wildman–Crippen LogP) is 1.90. The van der Waals surface area contributed by atoms with Gasteiger partial charge in [0.1, 0.15) is 0 Å². The van der Waals surface area contributed by atoms with Crippen LogP contribution < -0.4 is 5.84 Å². The van der Waals surface area contributed by atoms with Crippen LogP contribution in [0.3, 0.4) is 0 Å². The molecular weight excluding hydrogens is 188 g/mol. The number of hydrogen-bond donors (Lipinski definition) is 2. The maximum Gasteiger partial charge on any atom is 0.0514 e. The predicted molar refractivity (Wildman–Crippen MR) is 63.2 cm³/mol. The summed E-state index contributed by atoms with van der Waals surface area (Å²) in [7, 11) is 0. The van der Waals surface area contributed by atoms with Crippen LogP contribution in [0.1, 0.15) is 53.9 Å². The lowest BCUT2D eigenvalue weighted by atomic mass is 9.73. The largest absolute Gasteiger partial charge is 0.393 e. The third-order valence-electron chi connectivity index (χ3n) is 3.56. The summed E-state index contributed by atoms with van der Waals surface area (Å²) < 4.78 is 0. The van der Waals surface area contributed by atoms with Gasteiger partial charge in [0.2, 0.25) is 0 Å². The number of hydrogen-bond acceptors (Lipinski definition) is 3. The highest BCUT2D eigenvalue weighted by Crippen LogP contribution is 2.40. The molecule has 0 spiro atoms. The van der Waals surface area contributed by atoms with Crippen molar-refractivity contribution in [1.82, 2.24) is 5.01 Å². The Balaban J connectivity index is 2.75. The van der Waals surface area contributed by atoms with Gasteiger partial charge < -0.3 is 5.11 Å². The summed E-state index contributed by atoms with van der Waals surface area (Å²) in [5.74, 6) is 6.73. The first-order valence-electron chi connectivity index (χ1n) is 5.88. The van der Waals surface area contributed by atoms with Gasteiger partial charge in [-0.1, -0.05) is 0 Å². The minimum Gasteiger partial charge on any atom is -0.393 e. The van der Waals surface area contributed by atoms with Crippen molar-refractivity contribution in [3.63, 3.8) is 0 Å². The van der Waals surface area contributed by atoms with Crippen LogP contribution in [0.5, 0.6) is 0 Å². The summed E-state index contributed by atoms with van der Waals surface area (Å²) in [6.07, 6.45) is 2.82. The molecule has 1 heterocycles. The molecule has 0 aromatic carbocycles. The van der Waals surface area contributed by atoms with Crippen LogP contribution in [0.4, 0.5) is 0 Å². The van der Waals surface area contributed by atoms with E-state index in [0.717, 1.165) is 19.3 Å². The lowest BCUT2D eigenvalue weighted by Gasteiger charge is -2.53. The molecule has 3 heteroatoms. The Morgan fingerprint density at radius 3 is 2.00 bits per heavy atom. The molecule has 1 unspecified atom stereocenters. The summed E-state index contributed by atoms with van der Waals surface area (Å²) in [5, 5.41) is 11.5. The SMILES string of the molecule is CC(O)CC1CC(C)(C)N(N)C(C)(C)C1. The zero-order chi connectivity index (χ0) is 11.9. The molecule has 90 valence electrons. The molecule has 0 aliphatic carbocycles. The van der Waals surface area contributed by atoms with E-state index in [1.165, 1.54) is 0 Å². The Kier molecular flexibility index (Phi) is 3.49. The number of piperidine rings is 1. The van der Waals surface area contributed by atoms with Gasteiger partial charge in [0.15, 0.2) is 0 Å². The van der Waals surface area contributed by atoms with Crippen LogP contribution in [0.15, 0.2) is 0 Å². The molecule has 1 aliphatic heterocycles. The van der Waals surface area contributed by atoms with E-state index >= 15 is 0 Å². The first-order chi connectivity index (χ1) is 6.65. The minimum absolute atomic E-state index is 0.0291. The van der Waals surface area contributed by atoms with Crippen LogP contribution in [0.2, 0.25) is 0 Å². The highest BCUT2D eigenvalue weighted by Gasteiger charge is 2.43. The highest BCUT2D eigenvalue weighted by molar-refractivity contribution is 4.97. The molecule has 0 radical (unpaired) electrons. The molecular formula is C12H26N2O. The van der Waals surface area contributed by atoms with E-state index in [9.17, 15) is 5.11 Å². The molecule has 3 nitrogen and oxygen atoms in total. The van der Waals surface area contributed by atoms with Crippen LogP contribution in [-0.2, 0) is 0 Å². The zero-order valence-corrected chi connectivity index (χ0v) is 10.7. The molecule has 0 saturated carbocycles. The monoisotopic (exact) mass is 214 g/mol. The quantitative estimate of drug-likeness (QED) is 0.690. The van der Waals surface area contributed by atoms with E-state index in [0.29, 0.717) is 5.92 Å². The van der Waals surface area contributed by atoms with Crippen LogP contribution >= 0.6 is 0 Å². The zero-order valence-electron chi connectivity index (χ0n) is 10.7. The Morgan fingerprint density at radius 2 is 1.67 bits per heavy atom. The minimum atomic E-state index is -0.203. The van der Waals surface area contributed by atoms with Crippen molar-refractivity contribution in [2.24, 2.45) is 11.8 Å². The number of nitrogens with two attached hydrogens (primary N) is 1. The van der Waals surface area contributed by atoms with Crippen LogP contribution in [0, 0.1) is 5.92 Å². The van der Waals surface area contributed by atoms with Gasteiger partial charge in [0, 0.05) is 11.1 Å². The maximum absolute atomic E-state index is 9.47. The van der Waals surface area contributed by atoms with Gasteiger partial charge in [-0.15, -0.1) is 0 Å². The molecule has 1 atom stereocenters. The molecule has 0 aromatic heterocycles. The van der Waals surface area contributed by atoms with Crippen molar-refractivity contribution in [3.8, 4) is 0 Å². The third-order valence-corrected chi connectivity index (χ3v) is 3.56. The molecule has 3 N–H and O–H groups in total. The third kappa shape index (κ3) is 2.92. The van der Waals surface area contributed by atoms with Crippen molar-refractivity contribution in [2.75, 3.05) is 0 Å². The van der Waals surface area contributed by atoms with E-state index in [1.54, 1.807) is 0 Å². The molecule has 15 heavy (non-hydrogen) atoms. The van der Waals surface area contributed by atoms with Gasteiger partial charge in [-0.2, -0.15) is 0 Å². The molecule has 1 saturated heterocycles. The second kappa shape index (κ2) is 4.04. The summed E-state index contributed by atoms with van der Waals surface area (Å²) in [4.78, 5) is 0. The van der Waals surface area contributed by atoms with Gasteiger partial charge in [0.25, 0.3) is 0 Å². The average Bonchev–Trinajstić information content (AvgIpc) is 1.97. The molecule has 1 rings (SSSR count). The van der Waals surface area contributed by atoms with E-state index in [4.69, 9.17) is 5.84 Å². The van der Waals surface area contributed by atoms with Gasteiger partial charge in [-0.3, -0.25) is 5.84 Å². The number of hydrazine groups is 1. The molecule has 0 amide bonds. The fourth-order valence-electron chi connectivity index (χ4n) is 3.15. The average molecular weight is 214 g/mol. The van der Waals surface area contributed by atoms with Crippen LogP contribution in [0.25, 0.3) is 0 Å². The van der Waals surface area contributed by atoms with Crippen molar-refractivity contribution in [3.05, 3.63) is 0 Å². The van der Waals surface area contributed by atoms with Crippen molar-refractivity contribution in [1.29, 1.82) is 0 Å². The van der Waals surface area contributed by atoms with Crippen molar-refractivity contribution >= 4 is 0 Å². The number of rotatable bonds is 2. The molecule has 1 aliphatic rings. The number of aliphatic hydroxyl groups is 1. The molecule has 1 fully saturated rings. The standard InChI is InChI=1S/C12H26N2O/c1-9(15)6-10-7-11(2,3)14(13)12(4,5)8-10/h9-10,15H,6-8,13H2,1-5H3. The lowest BCUT2D eigenvalue weighted by molar-refractivity contribution is -0.0603. The Hall–Kier alpha value is -0.120. The van der Waals surface area contributed by atoms with Gasteiger partial charge >= 0.3 is 0 Å². The normalized spacial score (nSPS) is 29.0. The maximum atomic E-state index is 9.47. The molecule has 0 bridgehead atoms. The van der Waals surface area contributed by atoms with Gasteiger partial charge in [-0.05, 0) is 59.8 Å². The summed E-state index contributed by atoms with van der Waals surface area (Å²) in [6.45, 7) is 10.6. The van der Waals surface area contributed by atoms with Crippen molar-refractivity contribution in [2.45, 2.75) is 71.1 Å². The highest BCUT2D eigenvalue weighted by atomic mass is 16.3. The second-order valence-electron chi connectivity index (χ2n) is 6.35. The fourth-order valence-corrected chi connectivity index (χ4v) is 3.15. The number of nitrogens with zero attached hydrogens (tertiary/aromatic N) is 1. The van der Waals surface area contributed by atoms with Gasteiger partial charge in [-0.25, -0.2) is 5.01 Å². The summed E-state index contributed by atoms with van der Waals surface area (Å²) in [6, 6.07) is 0. The fraction of sp³-hybridized carbons (Fsp3) is 1.00. The van der Waals surface area contributed by atoms with E-state index < -0.39 is 0 Å². The topological polar surface area (TPSA) is 49.5 Å². The smallest absolute Gasteiger partial charge is 0.0514 e. The van der Waals surface area contributed by atoms with E-state index in [1.807, 2.05) is 11.9 Å². The Labute approximate surface area is 93.6 Å². The number of aliphatic hydroxyl groups excluding tert-OH is 1. The first-order valence-corrected chi connectivity index (χ1v) is 5.88. The summed E-state index contributed by atoms with van der Waals surface area (Å²) in [5.41, 5.74) is 0.0581.